The summed E-state index contributed by atoms with van der Waals surface area (Å²) < 4.78 is 14.5. The molecule has 1 aromatic carbocycles. The summed E-state index contributed by atoms with van der Waals surface area (Å²) in [5.74, 6) is 1.21. The first kappa shape index (κ1) is 17.5. The van der Waals surface area contributed by atoms with Crippen molar-refractivity contribution in [2.45, 2.75) is 31.9 Å². The molecule has 1 fully saturated rings. The highest BCUT2D eigenvalue weighted by molar-refractivity contribution is 6.33. The zero-order valence-electron chi connectivity index (χ0n) is 15.4. The largest absolute Gasteiger partial charge is 0.493 e. The molecule has 1 N–H and O–H groups in total. The van der Waals surface area contributed by atoms with E-state index >= 15 is 0 Å². The Morgan fingerprint density at radius 3 is 3.07 bits per heavy atom. The fourth-order valence-electron chi connectivity index (χ4n) is 3.81. The van der Waals surface area contributed by atoms with E-state index in [4.69, 9.17) is 21.1 Å². The molecule has 0 radical (unpaired) electrons. The summed E-state index contributed by atoms with van der Waals surface area (Å²) in [4.78, 5) is 21.6. The van der Waals surface area contributed by atoms with Gasteiger partial charge in [-0.2, -0.15) is 4.98 Å². The summed E-state index contributed by atoms with van der Waals surface area (Å²) in [6.07, 6.45) is 4.52. The van der Waals surface area contributed by atoms with Gasteiger partial charge in [-0.25, -0.2) is 9.78 Å². The van der Waals surface area contributed by atoms with Gasteiger partial charge in [0.2, 0.25) is 5.95 Å². The molecule has 0 saturated carbocycles. The molecule has 2 aliphatic rings. The summed E-state index contributed by atoms with van der Waals surface area (Å²) in [5.41, 5.74) is 2.96. The minimum atomic E-state index is -0.121. The first-order valence-corrected chi connectivity index (χ1v) is 9.74. The maximum absolute atomic E-state index is 12.7. The van der Waals surface area contributed by atoms with E-state index in [1.165, 1.54) is 0 Å². The second-order valence-corrected chi connectivity index (χ2v) is 7.56. The average molecular weight is 402 g/mol. The first-order chi connectivity index (χ1) is 13.6. The van der Waals surface area contributed by atoms with Crippen molar-refractivity contribution in [3.63, 3.8) is 0 Å². The molecule has 9 heteroatoms. The van der Waals surface area contributed by atoms with Crippen molar-refractivity contribution in [1.82, 2.24) is 19.1 Å². The molecule has 8 nitrogen and oxygen atoms in total. The van der Waals surface area contributed by atoms with E-state index in [0.717, 1.165) is 37.2 Å². The lowest BCUT2D eigenvalue weighted by Gasteiger charge is -2.11. The minimum absolute atomic E-state index is 0.0424. The normalized spacial score (nSPS) is 18.4. The first-order valence-electron chi connectivity index (χ1n) is 9.36. The summed E-state index contributed by atoms with van der Waals surface area (Å²) in [6, 6.07) is 3.77. The Morgan fingerprint density at radius 1 is 1.36 bits per heavy atom. The third-order valence-electron chi connectivity index (χ3n) is 5.32. The summed E-state index contributed by atoms with van der Waals surface area (Å²) in [6.45, 7) is 1.90. The topological polar surface area (TPSA) is 83.2 Å². The average Bonchev–Trinajstić information content (AvgIpc) is 3.40. The number of nitrogens with one attached hydrogen (secondary N) is 1. The van der Waals surface area contributed by atoms with E-state index in [9.17, 15) is 4.79 Å². The second-order valence-electron chi connectivity index (χ2n) is 7.15. The molecule has 1 unspecified atom stereocenters. The number of hydrogen-bond donors (Lipinski definition) is 1. The number of imidazole rings is 1. The van der Waals surface area contributed by atoms with Crippen LogP contribution in [0.1, 0.15) is 18.4 Å². The lowest BCUT2D eigenvalue weighted by atomic mass is 10.1. The van der Waals surface area contributed by atoms with E-state index in [1.807, 2.05) is 6.07 Å². The van der Waals surface area contributed by atoms with Gasteiger partial charge < -0.3 is 14.8 Å². The lowest BCUT2D eigenvalue weighted by molar-refractivity contribution is 0.0969. The molecule has 4 heterocycles. The summed E-state index contributed by atoms with van der Waals surface area (Å²) in [7, 11) is 1.73. The third kappa shape index (κ3) is 2.93. The van der Waals surface area contributed by atoms with Gasteiger partial charge in [0.25, 0.3) is 0 Å². The van der Waals surface area contributed by atoms with Crippen molar-refractivity contribution in [2.75, 3.05) is 18.5 Å². The number of halogens is 1. The Balaban J connectivity index is 1.51. The van der Waals surface area contributed by atoms with Crippen LogP contribution in [0.2, 0.25) is 5.02 Å². The summed E-state index contributed by atoms with van der Waals surface area (Å²) in [5, 5.41) is 3.71. The van der Waals surface area contributed by atoms with Gasteiger partial charge in [-0.3, -0.25) is 9.13 Å². The van der Waals surface area contributed by atoms with Crippen molar-refractivity contribution >= 4 is 34.4 Å². The molecule has 0 aliphatic carbocycles. The van der Waals surface area contributed by atoms with Gasteiger partial charge in [0.1, 0.15) is 11.3 Å². The number of hydrogen-bond acceptors (Lipinski definition) is 6. The highest BCUT2D eigenvalue weighted by Gasteiger charge is 2.21. The van der Waals surface area contributed by atoms with Crippen LogP contribution in [-0.2, 0) is 24.8 Å². The van der Waals surface area contributed by atoms with Gasteiger partial charge in [0.15, 0.2) is 5.65 Å². The number of aromatic nitrogens is 4. The van der Waals surface area contributed by atoms with E-state index < -0.39 is 0 Å². The smallest absolute Gasteiger partial charge is 0.330 e. The van der Waals surface area contributed by atoms with E-state index in [2.05, 4.69) is 15.3 Å². The zero-order valence-corrected chi connectivity index (χ0v) is 16.2. The van der Waals surface area contributed by atoms with Crippen molar-refractivity contribution < 1.29 is 9.47 Å². The number of ether oxygens (including phenoxy) is 2. The molecule has 146 valence electrons. The Kier molecular flexibility index (Phi) is 4.25. The number of nitrogens with zero attached hydrogens (tertiary/aromatic N) is 4. The number of rotatable bonds is 4. The van der Waals surface area contributed by atoms with Gasteiger partial charge in [0.05, 0.1) is 36.2 Å². The van der Waals surface area contributed by atoms with Crippen LogP contribution in [0.25, 0.3) is 11.2 Å². The maximum atomic E-state index is 12.7. The van der Waals surface area contributed by atoms with Crippen molar-refractivity contribution in [1.29, 1.82) is 0 Å². The highest BCUT2D eigenvalue weighted by Crippen LogP contribution is 2.35. The number of aryl methyl sites for hydroxylation is 1. The number of benzene rings is 1. The molecular weight excluding hydrogens is 382 g/mol. The highest BCUT2D eigenvalue weighted by atomic mass is 35.5. The monoisotopic (exact) mass is 401 g/mol. The molecule has 28 heavy (non-hydrogen) atoms. The predicted molar refractivity (Wildman–Crippen MR) is 106 cm³/mol. The van der Waals surface area contributed by atoms with Gasteiger partial charge in [-0.15, -0.1) is 0 Å². The fraction of sp³-hybridized carbons (Fsp3) is 0.421. The fourth-order valence-corrected chi connectivity index (χ4v) is 4.01. The van der Waals surface area contributed by atoms with E-state index in [-0.39, 0.29) is 11.8 Å². The van der Waals surface area contributed by atoms with Crippen molar-refractivity contribution in [3.05, 3.63) is 39.4 Å². The van der Waals surface area contributed by atoms with Crippen molar-refractivity contribution in [2.24, 2.45) is 7.05 Å². The third-order valence-corrected chi connectivity index (χ3v) is 5.63. The van der Waals surface area contributed by atoms with Crippen molar-refractivity contribution in [3.8, 4) is 5.75 Å². The second kappa shape index (κ2) is 6.79. The SMILES string of the molecule is Cn1c(=O)n(CC2CCCO2)c2nc(Nc3cc4c(cc3Cl)OCC4)ncc21. The summed E-state index contributed by atoms with van der Waals surface area (Å²) >= 11 is 6.38. The zero-order chi connectivity index (χ0) is 19.3. The van der Waals surface area contributed by atoms with Crippen LogP contribution in [0, 0.1) is 0 Å². The Hall–Kier alpha value is -2.58. The Morgan fingerprint density at radius 2 is 2.25 bits per heavy atom. The minimum Gasteiger partial charge on any atom is -0.493 e. The quantitative estimate of drug-likeness (QED) is 0.723. The molecule has 3 aromatic rings. The molecule has 1 saturated heterocycles. The number of anilines is 2. The van der Waals surface area contributed by atoms with Crippen LogP contribution in [-0.4, -0.2) is 38.4 Å². The molecule has 0 amide bonds. The van der Waals surface area contributed by atoms with Crippen LogP contribution >= 0.6 is 11.6 Å². The predicted octanol–water partition coefficient (Wildman–Crippen LogP) is 2.64. The van der Waals surface area contributed by atoms with Crippen LogP contribution in [0.3, 0.4) is 0 Å². The van der Waals surface area contributed by atoms with Gasteiger partial charge >= 0.3 is 5.69 Å². The maximum Gasteiger partial charge on any atom is 0.330 e. The number of fused-ring (bicyclic) bond motifs is 2. The van der Waals surface area contributed by atoms with Gasteiger partial charge in [-0.1, -0.05) is 11.6 Å². The van der Waals surface area contributed by atoms with Crippen LogP contribution in [0.4, 0.5) is 11.6 Å². The van der Waals surface area contributed by atoms with Crippen LogP contribution in [0.15, 0.2) is 23.1 Å². The Bertz CT molecular complexity index is 1120. The van der Waals surface area contributed by atoms with Gasteiger partial charge in [0, 0.05) is 26.1 Å². The van der Waals surface area contributed by atoms with Crippen LogP contribution in [0.5, 0.6) is 5.75 Å². The molecule has 1 atom stereocenters. The lowest BCUT2D eigenvalue weighted by Crippen LogP contribution is -2.27. The molecule has 5 rings (SSSR count). The molecule has 2 aromatic heterocycles. The van der Waals surface area contributed by atoms with E-state index in [0.29, 0.717) is 41.0 Å². The molecule has 0 spiro atoms. The molecular formula is C19H20ClN5O3. The molecule has 0 bridgehead atoms. The Labute approximate surface area is 166 Å². The van der Waals surface area contributed by atoms with Crippen LogP contribution < -0.4 is 15.7 Å². The van der Waals surface area contributed by atoms with Gasteiger partial charge in [-0.05, 0) is 24.5 Å². The molecule has 2 aliphatic heterocycles. The standard InChI is InChI=1S/C19H20ClN5O3/c1-24-15-9-21-18(22-14-7-11-4-6-28-16(11)8-13(14)20)23-17(15)25(19(24)26)10-12-3-2-5-27-12/h7-9,12H,2-6,10H2,1H3,(H,21,22,23). The van der Waals surface area contributed by atoms with E-state index in [1.54, 1.807) is 28.4 Å².